The molecular weight excluding hydrogens is 301 g/mol. The highest BCUT2D eigenvalue weighted by molar-refractivity contribution is 5.48. The van der Waals surface area contributed by atoms with Crippen LogP contribution in [0.15, 0.2) is 48.5 Å². The van der Waals surface area contributed by atoms with Crippen molar-refractivity contribution in [3.8, 4) is 0 Å². The first-order valence-corrected chi connectivity index (χ1v) is 7.81. The summed E-state index contributed by atoms with van der Waals surface area (Å²) >= 11 is 0. The molecule has 2 aromatic rings. The maximum Gasteiger partial charge on any atom is 0.416 e. The molecule has 0 saturated carbocycles. The lowest BCUT2D eigenvalue weighted by atomic mass is 9.95. The molecule has 23 heavy (non-hydrogen) atoms. The Morgan fingerprint density at radius 2 is 1.74 bits per heavy atom. The maximum atomic E-state index is 12.7. The van der Waals surface area contributed by atoms with Gasteiger partial charge in [-0.3, -0.25) is 0 Å². The average molecular weight is 318 g/mol. The number of benzene rings is 2. The van der Waals surface area contributed by atoms with Gasteiger partial charge < -0.3 is 5.01 Å². The lowest BCUT2D eigenvalue weighted by Gasteiger charge is -2.38. The summed E-state index contributed by atoms with van der Waals surface area (Å²) < 4.78 is 38.0. The third kappa shape index (κ3) is 2.59. The summed E-state index contributed by atoms with van der Waals surface area (Å²) in [6, 6.07) is 14.0. The molecule has 0 aromatic heterocycles. The Hall–Kier alpha value is -2.01. The first-order chi connectivity index (χ1) is 11.0. The standard InChI is InChI=1S/C18H17F3N2/c19-18(20,21)14-5-7-15(8-6-14)23-10-9-13-11-12-3-1-2-4-16(12)17(13)22-23/h1-8,13,17,22H,9-11H2. The third-order valence-corrected chi connectivity index (χ3v) is 4.87. The van der Waals surface area contributed by atoms with Crippen LogP contribution in [0.2, 0.25) is 0 Å². The third-order valence-electron chi connectivity index (χ3n) is 4.87. The van der Waals surface area contributed by atoms with Crippen LogP contribution in [0, 0.1) is 5.92 Å². The summed E-state index contributed by atoms with van der Waals surface area (Å²) in [5.41, 5.74) is 6.36. The van der Waals surface area contributed by atoms with Gasteiger partial charge >= 0.3 is 6.18 Å². The molecule has 1 heterocycles. The van der Waals surface area contributed by atoms with Gasteiger partial charge in [0.05, 0.1) is 17.3 Å². The smallest absolute Gasteiger partial charge is 0.308 e. The zero-order valence-electron chi connectivity index (χ0n) is 12.5. The lowest BCUT2D eigenvalue weighted by Crippen LogP contribution is -2.48. The first kappa shape index (κ1) is 14.6. The van der Waals surface area contributed by atoms with Crippen LogP contribution in [0.5, 0.6) is 0 Å². The molecule has 120 valence electrons. The van der Waals surface area contributed by atoms with Crippen molar-refractivity contribution in [2.75, 3.05) is 11.6 Å². The normalized spacial score (nSPS) is 23.5. The van der Waals surface area contributed by atoms with Crippen molar-refractivity contribution in [3.05, 3.63) is 65.2 Å². The Morgan fingerprint density at radius 3 is 2.48 bits per heavy atom. The molecule has 0 bridgehead atoms. The van der Waals surface area contributed by atoms with Crippen LogP contribution in [-0.2, 0) is 12.6 Å². The van der Waals surface area contributed by atoms with E-state index >= 15 is 0 Å². The van der Waals surface area contributed by atoms with Gasteiger partial charge in [0, 0.05) is 6.54 Å². The Labute approximate surface area is 132 Å². The fraction of sp³-hybridized carbons (Fsp3) is 0.333. The molecule has 4 rings (SSSR count). The number of anilines is 1. The minimum absolute atomic E-state index is 0.252. The molecular formula is C18H17F3N2. The van der Waals surface area contributed by atoms with Crippen LogP contribution in [0.3, 0.4) is 0 Å². The van der Waals surface area contributed by atoms with E-state index in [9.17, 15) is 13.2 Å². The predicted molar refractivity (Wildman–Crippen MR) is 82.9 cm³/mol. The highest BCUT2D eigenvalue weighted by Crippen LogP contribution is 2.41. The van der Waals surface area contributed by atoms with Gasteiger partial charge in [0.1, 0.15) is 0 Å². The number of fused-ring (bicyclic) bond motifs is 3. The van der Waals surface area contributed by atoms with Crippen molar-refractivity contribution in [2.24, 2.45) is 5.92 Å². The van der Waals surface area contributed by atoms with E-state index in [1.807, 2.05) is 11.1 Å². The Morgan fingerprint density at radius 1 is 1.00 bits per heavy atom. The van der Waals surface area contributed by atoms with Gasteiger partial charge in [0.25, 0.3) is 0 Å². The molecule has 2 aromatic carbocycles. The number of nitrogens with one attached hydrogen (secondary N) is 1. The fourth-order valence-electron chi connectivity index (χ4n) is 3.68. The molecule has 5 heteroatoms. The van der Waals surface area contributed by atoms with Crippen molar-refractivity contribution < 1.29 is 13.2 Å². The van der Waals surface area contributed by atoms with Crippen molar-refractivity contribution in [3.63, 3.8) is 0 Å². The van der Waals surface area contributed by atoms with E-state index in [1.165, 1.54) is 23.3 Å². The summed E-state index contributed by atoms with van der Waals surface area (Å²) in [5, 5.41) is 1.98. The zero-order chi connectivity index (χ0) is 16.0. The van der Waals surface area contributed by atoms with E-state index in [0.717, 1.165) is 37.2 Å². The number of nitrogens with zero attached hydrogens (tertiary/aromatic N) is 1. The molecule has 1 saturated heterocycles. The number of rotatable bonds is 1. The quantitative estimate of drug-likeness (QED) is 0.842. The van der Waals surface area contributed by atoms with E-state index in [0.29, 0.717) is 5.92 Å². The van der Waals surface area contributed by atoms with Gasteiger partial charge in [-0.2, -0.15) is 13.2 Å². The molecule has 1 aliphatic heterocycles. The minimum Gasteiger partial charge on any atom is -0.308 e. The molecule has 0 radical (unpaired) electrons. The Bertz CT molecular complexity index is 709. The van der Waals surface area contributed by atoms with Crippen LogP contribution < -0.4 is 10.4 Å². The van der Waals surface area contributed by atoms with Gasteiger partial charge in [-0.05, 0) is 54.2 Å². The summed E-state index contributed by atoms with van der Waals surface area (Å²) in [4.78, 5) is 0. The SMILES string of the molecule is FC(F)(F)c1ccc(N2CCC3Cc4ccccc4C3N2)cc1. The zero-order valence-corrected chi connectivity index (χ0v) is 12.5. The summed E-state index contributed by atoms with van der Waals surface area (Å²) in [6.07, 6.45) is -2.18. The monoisotopic (exact) mass is 318 g/mol. The highest BCUT2D eigenvalue weighted by atomic mass is 19.4. The second kappa shape index (κ2) is 5.27. The van der Waals surface area contributed by atoms with E-state index in [-0.39, 0.29) is 6.04 Å². The molecule has 1 fully saturated rings. The van der Waals surface area contributed by atoms with Crippen LogP contribution >= 0.6 is 0 Å². The molecule has 2 atom stereocenters. The van der Waals surface area contributed by atoms with Crippen molar-refractivity contribution in [1.82, 2.24) is 5.43 Å². The number of hydrazine groups is 1. The van der Waals surface area contributed by atoms with E-state index in [1.54, 1.807) is 0 Å². The van der Waals surface area contributed by atoms with E-state index in [2.05, 4.69) is 23.6 Å². The second-order valence-corrected chi connectivity index (χ2v) is 6.25. The van der Waals surface area contributed by atoms with Crippen molar-refractivity contribution in [2.45, 2.75) is 25.1 Å². The lowest BCUT2D eigenvalue weighted by molar-refractivity contribution is -0.137. The second-order valence-electron chi connectivity index (χ2n) is 6.25. The van der Waals surface area contributed by atoms with Crippen LogP contribution in [-0.4, -0.2) is 6.54 Å². The predicted octanol–water partition coefficient (Wildman–Crippen LogP) is 4.33. The maximum absolute atomic E-state index is 12.7. The molecule has 2 nitrogen and oxygen atoms in total. The first-order valence-electron chi connectivity index (χ1n) is 7.81. The molecule has 1 N–H and O–H groups in total. The summed E-state index contributed by atoms with van der Waals surface area (Å²) in [5.74, 6) is 0.568. The molecule has 2 unspecified atom stereocenters. The van der Waals surface area contributed by atoms with E-state index in [4.69, 9.17) is 0 Å². The molecule has 1 aliphatic carbocycles. The largest absolute Gasteiger partial charge is 0.416 e. The fourth-order valence-corrected chi connectivity index (χ4v) is 3.68. The number of hydrogen-bond donors (Lipinski definition) is 1. The van der Waals surface area contributed by atoms with Gasteiger partial charge in [0.15, 0.2) is 0 Å². The van der Waals surface area contributed by atoms with Crippen LogP contribution in [0.1, 0.15) is 29.2 Å². The molecule has 2 aliphatic rings. The van der Waals surface area contributed by atoms with Gasteiger partial charge in [-0.25, -0.2) is 5.43 Å². The van der Waals surface area contributed by atoms with Crippen LogP contribution in [0.4, 0.5) is 18.9 Å². The highest BCUT2D eigenvalue weighted by Gasteiger charge is 2.37. The van der Waals surface area contributed by atoms with Gasteiger partial charge in [-0.15, -0.1) is 0 Å². The topological polar surface area (TPSA) is 15.3 Å². The molecule has 0 amide bonds. The number of halogens is 3. The van der Waals surface area contributed by atoms with E-state index < -0.39 is 11.7 Å². The van der Waals surface area contributed by atoms with Gasteiger partial charge in [-0.1, -0.05) is 24.3 Å². The van der Waals surface area contributed by atoms with Gasteiger partial charge in [0.2, 0.25) is 0 Å². The average Bonchev–Trinajstić information content (AvgIpc) is 2.92. The molecule has 0 spiro atoms. The summed E-state index contributed by atoms with van der Waals surface area (Å²) in [6.45, 7) is 0.806. The van der Waals surface area contributed by atoms with Crippen molar-refractivity contribution >= 4 is 5.69 Å². The number of hydrogen-bond acceptors (Lipinski definition) is 2. The Balaban J connectivity index is 1.56. The summed E-state index contributed by atoms with van der Waals surface area (Å²) in [7, 11) is 0. The van der Waals surface area contributed by atoms with Crippen molar-refractivity contribution in [1.29, 1.82) is 0 Å². The van der Waals surface area contributed by atoms with Crippen LogP contribution in [0.25, 0.3) is 0 Å². The number of alkyl halides is 3. The minimum atomic E-state index is -4.29. The Kier molecular flexibility index (Phi) is 3.34.